The molecule has 3 N–H and O–H groups in total. The van der Waals surface area contributed by atoms with Crippen LogP contribution < -0.4 is 20.7 Å². The Bertz CT molecular complexity index is 700. The van der Waals surface area contributed by atoms with Gasteiger partial charge in [-0.2, -0.15) is 0 Å². The Morgan fingerprint density at radius 1 is 0.962 bits per heavy atom. The fraction of sp³-hybridized carbons (Fsp3) is 0.300. The van der Waals surface area contributed by atoms with Crippen LogP contribution in [0.15, 0.2) is 59.6 Å². The first kappa shape index (κ1) is 19.3. The van der Waals surface area contributed by atoms with Crippen molar-refractivity contribution in [2.45, 2.75) is 13.0 Å². The highest BCUT2D eigenvalue weighted by Gasteiger charge is 2.04. The van der Waals surface area contributed by atoms with Crippen molar-refractivity contribution in [2.24, 2.45) is 4.99 Å². The summed E-state index contributed by atoms with van der Waals surface area (Å²) in [6.07, 6.45) is 0.816. The van der Waals surface area contributed by atoms with Gasteiger partial charge in [-0.1, -0.05) is 42.5 Å². The first-order chi connectivity index (χ1) is 12.7. The maximum absolute atomic E-state index is 11.9. The first-order valence-corrected chi connectivity index (χ1v) is 8.59. The average Bonchev–Trinajstić information content (AvgIpc) is 2.69. The Morgan fingerprint density at radius 2 is 1.69 bits per heavy atom. The topological polar surface area (TPSA) is 74.8 Å². The molecule has 0 aliphatic heterocycles. The van der Waals surface area contributed by atoms with Crippen LogP contribution in [-0.4, -0.2) is 39.1 Å². The minimum absolute atomic E-state index is 0.0617. The maximum Gasteiger partial charge on any atom is 0.239 e. The molecule has 0 aliphatic rings. The van der Waals surface area contributed by atoms with Crippen molar-refractivity contribution >= 4 is 11.9 Å². The van der Waals surface area contributed by atoms with E-state index in [1.165, 1.54) is 5.56 Å². The molecule has 0 heterocycles. The van der Waals surface area contributed by atoms with Crippen LogP contribution in [0, 0.1) is 0 Å². The van der Waals surface area contributed by atoms with Crippen molar-refractivity contribution in [3.05, 3.63) is 65.7 Å². The van der Waals surface area contributed by atoms with Crippen molar-refractivity contribution in [1.29, 1.82) is 0 Å². The molecule has 0 saturated heterocycles. The smallest absolute Gasteiger partial charge is 0.239 e. The quantitative estimate of drug-likeness (QED) is 0.498. The molecule has 6 heteroatoms. The number of amides is 1. The Morgan fingerprint density at radius 3 is 2.35 bits per heavy atom. The molecule has 2 rings (SSSR count). The summed E-state index contributed by atoms with van der Waals surface area (Å²) in [6.45, 7) is 1.40. The Kier molecular flexibility index (Phi) is 7.99. The van der Waals surface area contributed by atoms with Gasteiger partial charge in [0, 0.05) is 20.1 Å². The van der Waals surface area contributed by atoms with E-state index < -0.39 is 0 Å². The van der Waals surface area contributed by atoms with E-state index in [0.717, 1.165) is 17.7 Å². The minimum atomic E-state index is -0.0617. The number of aliphatic imine (C=N–C) groups is 1. The monoisotopic (exact) mass is 354 g/mol. The van der Waals surface area contributed by atoms with Gasteiger partial charge in [-0.15, -0.1) is 0 Å². The fourth-order valence-corrected chi connectivity index (χ4v) is 2.37. The Hall–Kier alpha value is -3.02. The number of hydrogen-bond donors (Lipinski definition) is 3. The zero-order valence-corrected chi connectivity index (χ0v) is 15.3. The van der Waals surface area contributed by atoms with E-state index in [-0.39, 0.29) is 12.5 Å². The zero-order valence-electron chi connectivity index (χ0n) is 15.3. The summed E-state index contributed by atoms with van der Waals surface area (Å²) >= 11 is 0. The molecule has 0 radical (unpaired) electrons. The molecule has 0 aliphatic carbocycles. The van der Waals surface area contributed by atoms with E-state index >= 15 is 0 Å². The van der Waals surface area contributed by atoms with Crippen molar-refractivity contribution in [1.82, 2.24) is 16.0 Å². The number of nitrogens with zero attached hydrogens (tertiary/aromatic N) is 1. The highest BCUT2D eigenvalue weighted by Crippen LogP contribution is 2.10. The molecule has 0 saturated carbocycles. The van der Waals surface area contributed by atoms with Crippen LogP contribution in [0.3, 0.4) is 0 Å². The lowest BCUT2D eigenvalue weighted by atomic mass is 10.1. The van der Waals surface area contributed by atoms with Gasteiger partial charge in [0.1, 0.15) is 5.75 Å². The van der Waals surface area contributed by atoms with Crippen LogP contribution in [0.4, 0.5) is 0 Å². The molecule has 2 aromatic carbocycles. The number of benzene rings is 2. The van der Waals surface area contributed by atoms with Gasteiger partial charge >= 0.3 is 0 Å². The second kappa shape index (κ2) is 10.8. The molecule has 2 aromatic rings. The number of guanidine groups is 1. The van der Waals surface area contributed by atoms with Crippen LogP contribution in [0.2, 0.25) is 0 Å². The lowest BCUT2D eigenvalue weighted by molar-refractivity contribution is -0.119. The summed E-state index contributed by atoms with van der Waals surface area (Å²) in [7, 11) is 3.32. The number of rotatable bonds is 8. The molecule has 0 bridgehead atoms. The van der Waals surface area contributed by atoms with E-state index in [1.807, 2.05) is 42.5 Å². The molecule has 1 amide bonds. The van der Waals surface area contributed by atoms with Gasteiger partial charge in [-0.25, -0.2) is 0 Å². The maximum atomic E-state index is 11.9. The van der Waals surface area contributed by atoms with Crippen LogP contribution in [0.1, 0.15) is 11.1 Å². The SMILES string of the molecule is CN=C(NCC(=O)NCCc1ccccc1)NCc1ccc(OC)cc1. The lowest BCUT2D eigenvalue weighted by Crippen LogP contribution is -2.43. The van der Waals surface area contributed by atoms with E-state index in [9.17, 15) is 4.79 Å². The second-order valence-electron chi connectivity index (χ2n) is 5.71. The molecule has 0 fully saturated rings. The number of carbonyl (C=O) groups excluding carboxylic acids is 1. The van der Waals surface area contributed by atoms with Gasteiger partial charge in [0.05, 0.1) is 13.7 Å². The number of hydrogen-bond acceptors (Lipinski definition) is 3. The third-order valence-corrected chi connectivity index (χ3v) is 3.84. The average molecular weight is 354 g/mol. The second-order valence-corrected chi connectivity index (χ2v) is 5.71. The largest absolute Gasteiger partial charge is 0.497 e. The van der Waals surface area contributed by atoms with Gasteiger partial charge in [0.2, 0.25) is 5.91 Å². The Labute approximate surface area is 154 Å². The summed E-state index contributed by atoms with van der Waals surface area (Å²) in [4.78, 5) is 16.1. The van der Waals surface area contributed by atoms with E-state index in [2.05, 4.69) is 33.1 Å². The van der Waals surface area contributed by atoms with E-state index in [0.29, 0.717) is 19.0 Å². The van der Waals surface area contributed by atoms with E-state index in [1.54, 1.807) is 14.2 Å². The summed E-state index contributed by atoms with van der Waals surface area (Å²) in [5.74, 6) is 1.34. The standard InChI is InChI=1S/C20H26N4O2/c1-21-20(23-14-17-8-10-18(26-2)11-9-17)24-15-19(25)22-13-12-16-6-4-3-5-7-16/h3-11H,12-15H2,1-2H3,(H,22,25)(H2,21,23,24). The zero-order chi connectivity index (χ0) is 18.6. The molecule has 26 heavy (non-hydrogen) atoms. The van der Waals surface area contributed by atoms with Crippen LogP contribution in [0.25, 0.3) is 0 Å². The lowest BCUT2D eigenvalue weighted by Gasteiger charge is -2.12. The molecule has 0 spiro atoms. The van der Waals surface area contributed by atoms with Crippen LogP contribution in [-0.2, 0) is 17.8 Å². The summed E-state index contributed by atoms with van der Waals surface area (Å²) in [6, 6.07) is 17.9. The van der Waals surface area contributed by atoms with Gasteiger partial charge in [0.15, 0.2) is 5.96 Å². The molecule has 0 aromatic heterocycles. The van der Waals surface area contributed by atoms with Crippen LogP contribution in [0.5, 0.6) is 5.75 Å². The molecule has 138 valence electrons. The minimum Gasteiger partial charge on any atom is -0.497 e. The first-order valence-electron chi connectivity index (χ1n) is 8.59. The number of methoxy groups -OCH3 is 1. The number of carbonyl (C=O) groups is 1. The summed E-state index contributed by atoms with van der Waals surface area (Å²) in [5.41, 5.74) is 2.30. The highest BCUT2D eigenvalue weighted by atomic mass is 16.5. The van der Waals surface area contributed by atoms with Crippen molar-refractivity contribution in [2.75, 3.05) is 27.2 Å². The summed E-state index contributed by atoms with van der Waals surface area (Å²) < 4.78 is 5.14. The predicted octanol–water partition coefficient (Wildman–Crippen LogP) is 1.72. The van der Waals surface area contributed by atoms with Crippen molar-refractivity contribution < 1.29 is 9.53 Å². The highest BCUT2D eigenvalue weighted by molar-refractivity contribution is 5.86. The van der Waals surface area contributed by atoms with Crippen molar-refractivity contribution in [3.63, 3.8) is 0 Å². The molecule has 6 nitrogen and oxygen atoms in total. The predicted molar refractivity (Wildman–Crippen MR) is 104 cm³/mol. The molecular weight excluding hydrogens is 328 g/mol. The van der Waals surface area contributed by atoms with Gasteiger partial charge in [-0.3, -0.25) is 9.79 Å². The van der Waals surface area contributed by atoms with Gasteiger partial charge in [0.25, 0.3) is 0 Å². The number of ether oxygens (including phenoxy) is 1. The molecular formula is C20H26N4O2. The Balaban J connectivity index is 1.66. The third-order valence-electron chi connectivity index (χ3n) is 3.84. The van der Waals surface area contributed by atoms with Crippen molar-refractivity contribution in [3.8, 4) is 5.75 Å². The fourth-order valence-electron chi connectivity index (χ4n) is 2.37. The van der Waals surface area contributed by atoms with Gasteiger partial charge in [-0.05, 0) is 29.7 Å². The summed E-state index contributed by atoms with van der Waals surface area (Å²) in [5, 5.41) is 9.09. The molecule has 0 atom stereocenters. The molecule has 0 unspecified atom stereocenters. The van der Waals surface area contributed by atoms with Crippen LogP contribution >= 0.6 is 0 Å². The van der Waals surface area contributed by atoms with Gasteiger partial charge < -0.3 is 20.7 Å². The third kappa shape index (κ3) is 6.84. The number of nitrogens with one attached hydrogen (secondary N) is 3. The van der Waals surface area contributed by atoms with E-state index in [4.69, 9.17) is 4.74 Å². The normalized spacial score (nSPS) is 10.9.